The monoisotopic (exact) mass is 470 g/mol. The third-order valence-electron chi connectivity index (χ3n) is 3.97. The molecule has 0 aliphatic heterocycles. The lowest BCUT2D eigenvalue weighted by Crippen LogP contribution is -2.10. The van der Waals surface area contributed by atoms with Gasteiger partial charge in [0, 0.05) is 8.95 Å². The molecule has 128 valence electrons. The molecular formula is C20H12Br2N2O2. The molecule has 0 atom stereocenters. The first-order chi connectivity index (χ1) is 12.5. The molecule has 0 radical (unpaired) electrons. The van der Waals surface area contributed by atoms with Crippen molar-refractivity contribution < 1.29 is 9.53 Å². The zero-order chi connectivity index (χ0) is 18.3. The number of aromatic nitrogens is 2. The van der Waals surface area contributed by atoms with E-state index in [0.717, 1.165) is 25.5 Å². The van der Waals surface area contributed by atoms with Crippen molar-refractivity contribution in [3.63, 3.8) is 0 Å². The van der Waals surface area contributed by atoms with Crippen molar-refractivity contribution in [2.75, 3.05) is 0 Å². The summed E-state index contributed by atoms with van der Waals surface area (Å²) in [5.41, 5.74) is 4.01. The number of carbonyl (C=O) groups is 1. The lowest BCUT2D eigenvalue weighted by molar-refractivity contribution is 0.0735. The van der Waals surface area contributed by atoms with Gasteiger partial charge in [-0.05, 0) is 64.8 Å². The van der Waals surface area contributed by atoms with Crippen molar-refractivity contribution in [2.45, 2.75) is 6.92 Å². The topological polar surface area (TPSA) is 52.1 Å². The summed E-state index contributed by atoms with van der Waals surface area (Å²) in [4.78, 5) is 22.0. The fraction of sp³-hybridized carbons (Fsp3) is 0.0500. The van der Waals surface area contributed by atoms with Crippen LogP contribution >= 0.6 is 31.9 Å². The van der Waals surface area contributed by atoms with E-state index in [1.807, 2.05) is 43.3 Å². The average Bonchev–Trinajstić information content (AvgIpc) is 2.63. The molecule has 0 aliphatic carbocycles. The number of halogens is 2. The standard InChI is InChI=1S/C20H12Br2N2O2/c1-11-9-14(22)17-18(24-16-8-3-2-7-15(16)23-17)19(11)26-20(25)12-5-4-6-13(21)10-12/h2-10H,1H3. The molecule has 1 heterocycles. The number of para-hydroxylation sites is 2. The number of hydrogen-bond acceptors (Lipinski definition) is 4. The summed E-state index contributed by atoms with van der Waals surface area (Å²) in [5.74, 6) is -0.0144. The summed E-state index contributed by atoms with van der Waals surface area (Å²) in [5, 5.41) is 0. The van der Waals surface area contributed by atoms with Gasteiger partial charge in [-0.25, -0.2) is 14.8 Å². The molecule has 26 heavy (non-hydrogen) atoms. The van der Waals surface area contributed by atoms with Crippen LogP contribution in [0.15, 0.2) is 63.5 Å². The first-order valence-electron chi connectivity index (χ1n) is 7.86. The number of rotatable bonds is 2. The molecule has 0 saturated carbocycles. The van der Waals surface area contributed by atoms with Gasteiger partial charge >= 0.3 is 5.97 Å². The molecule has 4 rings (SSSR count). The molecule has 1 aromatic heterocycles. The summed E-state index contributed by atoms with van der Waals surface area (Å²) in [6.45, 7) is 1.88. The first-order valence-corrected chi connectivity index (χ1v) is 9.45. The minimum absolute atomic E-state index is 0.423. The molecule has 4 aromatic rings. The molecule has 0 unspecified atom stereocenters. The van der Waals surface area contributed by atoms with Crippen LogP contribution in [0.1, 0.15) is 15.9 Å². The Balaban J connectivity index is 1.88. The molecule has 0 bridgehead atoms. The van der Waals surface area contributed by atoms with Crippen molar-refractivity contribution in [2.24, 2.45) is 0 Å². The fourth-order valence-corrected chi connectivity index (χ4v) is 3.75. The van der Waals surface area contributed by atoms with Crippen LogP contribution in [0.25, 0.3) is 22.1 Å². The lowest BCUT2D eigenvalue weighted by atomic mass is 10.1. The molecule has 6 heteroatoms. The van der Waals surface area contributed by atoms with Crippen LogP contribution in [0, 0.1) is 6.92 Å². The summed E-state index contributed by atoms with van der Waals surface area (Å²) in [7, 11) is 0. The molecule has 0 spiro atoms. The summed E-state index contributed by atoms with van der Waals surface area (Å²) in [6.07, 6.45) is 0. The predicted octanol–water partition coefficient (Wildman–Crippen LogP) is 5.84. The van der Waals surface area contributed by atoms with Gasteiger partial charge in [-0.1, -0.05) is 34.1 Å². The first kappa shape index (κ1) is 17.1. The number of carbonyl (C=O) groups excluding carboxylic acids is 1. The zero-order valence-electron chi connectivity index (χ0n) is 13.7. The Labute approximate surface area is 166 Å². The van der Waals surface area contributed by atoms with E-state index in [9.17, 15) is 4.79 Å². The lowest BCUT2D eigenvalue weighted by Gasteiger charge is -2.12. The normalized spacial score (nSPS) is 11.0. The molecule has 4 nitrogen and oxygen atoms in total. The summed E-state index contributed by atoms with van der Waals surface area (Å²) < 4.78 is 7.35. The van der Waals surface area contributed by atoms with E-state index < -0.39 is 5.97 Å². The number of fused-ring (bicyclic) bond motifs is 2. The summed E-state index contributed by atoms with van der Waals surface area (Å²) >= 11 is 6.91. The average molecular weight is 472 g/mol. The molecule has 0 amide bonds. The van der Waals surface area contributed by atoms with Crippen LogP contribution in [-0.4, -0.2) is 15.9 Å². The Morgan fingerprint density at radius 1 is 0.923 bits per heavy atom. The van der Waals surface area contributed by atoms with Crippen LogP contribution in [0.2, 0.25) is 0 Å². The zero-order valence-corrected chi connectivity index (χ0v) is 16.8. The molecule has 0 fully saturated rings. The maximum atomic E-state index is 12.6. The van der Waals surface area contributed by atoms with Gasteiger partial charge in [0.2, 0.25) is 0 Å². The second-order valence-corrected chi connectivity index (χ2v) is 7.58. The maximum Gasteiger partial charge on any atom is 0.343 e. The van der Waals surface area contributed by atoms with Crippen molar-refractivity contribution in [1.82, 2.24) is 9.97 Å². The number of esters is 1. The maximum absolute atomic E-state index is 12.6. The minimum atomic E-state index is -0.437. The SMILES string of the molecule is Cc1cc(Br)c2nc3ccccc3nc2c1OC(=O)c1cccc(Br)c1. The highest BCUT2D eigenvalue weighted by Crippen LogP contribution is 2.34. The number of ether oxygens (including phenoxy) is 1. The highest BCUT2D eigenvalue weighted by atomic mass is 79.9. The van der Waals surface area contributed by atoms with Crippen LogP contribution < -0.4 is 4.74 Å². The summed E-state index contributed by atoms with van der Waals surface area (Å²) in [6, 6.07) is 16.6. The van der Waals surface area contributed by atoms with E-state index in [1.54, 1.807) is 18.2 Å². The van der Waals surface area contributed by atoms with Gasteiger partial charge in [-0.3, -0.25) is 0 Å². The van der Waals surface area contributed by atoms with Crippen LogP contribution in [0.3, 0.4) is 0 Å². The van der Waals surface area contributed by atoms with Crippen molar-refractivity contribution in [3.05, 3.63) is 74.7 Å². The van der Waals surface area contributed by atoms with E-state index in [-0.39, 0.29) is 0 Å². The minimum Gasteiger partial charge on any atom is -0.420 e. The van der Waals surface area contributed by atoms with E-state index in [1.165, 1.54) is 0 Å². The van der Waals surface area contributed by atoms with E-state index >= 15 is 0 Å². The Morgan fingerprint density at radius 2 is 1.62 bits per heavy atom. The molecule has 0 saturated heterocycles. The van der Waals surface area contributed by atoms with Crippen molar-refractivity contribution in [1.29, 1.82) is 0 Å². The van der Waals surface area contributed by atoms with Gasteiger partial charge in [-0.15, -0.1) is 0 Å². The van der Waals surface area contributed by atoms with Crippen LogP contribution in [0.5, 0.6) is 5.75 Å². The van der Waals surface area contributed by atoms with Crippen LogP contribution in [0.4, 0.5) is 0 Å². The number of benzene rings is 3. The van der Waals surface area contributed by atoms with Gasteiger partial charge < -0.3 is 4.74 Å². The van der Waals surface area contributed by atoms with Crippen LogP contribution in [-0.2, 0) is 0 Å². The Kier molecular flexibility index (Phi) is 4.46. The Hall–Kier alpha value is -2.31. The second kappa shape index (κ2) is 6.78. The quantitative estimate of drug-likeness (QED) is 0.209. The largest absolute Gasteiger partial charge is 0.420 e. The van der Waals surface area contributed by atoms with Gasteiger partial charge in [-0.2, -0.15) is 0 Å². The molecule has 0 N–H and O–H groups in total. The second-order valence-electron chi connectivity index (χ2n) is 5.81. The van der Waals surface area contributed by atoms with Crippen molar-refractivity contribution in [3.8, 4) is 5.75 Å². The van der Waals surface area contributed by atoms with Crippen molar-refractivity contribution >= 4 is 59.9 Å². The molecular weight excluding hydrogens is 460 g/mol. The van der Waals surface area contributed by atoms with Gasteiger partial charge in [0.15, 0.2) is 5.75 Å². The Morgan fingerprint density at radius 3 is 2.31 bits per heavy atom. The molecule has 0 aliphatic rings. The fourth-order valence-electron chi connectivity index (χ4n) is 2.73. The van der Waals surface area contributed by atoms with E-state index in [4.69, 9.17) is 4.74 Å². The number of nitrogens with zero attached hydrogens (tertiary/aromatic N) is 2. The predicted molar refractivity (Wildman–Crippen MR) is 109 cm³/mol. The van der Waals surface area contributed by atoms with Gasteiger partial charge in [0.05, 0.1) is 16.6 Å². The smallest absolute Gasteiger partial charge is 0.343 e. The Bertz CT molecular complexity index is 1180. The van der Waals surface area contributed by atoms with Gasteiger partial charge in [0.25, 0.3) is 0 Å². The number of aryl methyl sites for hydroxylation is 1. The van der Waals surface area contributed by atoms with E-state index in [0.29, 0.717) is 22.3 Å². The highest BCUT2D eigenvalue weighted by molar-refractivity contribution is 9.11. The number of hydrogen-bond donors (Lipinski definition) is 0. The third kappa shape index (κ3) is 3.10. The van der Waals surface area contributed by atoms with E-state index in [2.05, 4.69) is 41.8 Å². The molecule has 3 aromatic carbocycles. The highest BCUT2D eigenvalue weighted by Gasteiger charge is 2.18. The third-order valence-corrected chi connectivity index (χ3v) is 5.07. The van der Waals surface area contributed by atoms with Gasteiger partial charge in [0.1, 0.15) is 11.0 Å².